The van der Waals surface area contributed by atoms with Crippen LogP contribution in [0.2, 0.25) is 5.02 Å². The van der Waals surface area contributed by atoms with Crippen LogP contribution in [0.15, 0.2) is 72.4 Å². The van der Waals surface area contributed by atoms with Crippen LogP contribution in [0.1, 0.15) is 23.6 Å². The van der Waals surface area contributed by atoms with E-state index in [1.165, 1.54) is 4.90 Å². The molecule has 0 aliphatic carbocycles. The van der Waals surface area contributed by atoms with Crippen molar-refractivity contribution in [1.82, 2.24) is 0 Å². The number of carbonyl (C=O) groups is 2. The van der Waals surface area contributed by atoms with E-state index in [0.29, 0.717) is 34.1 Å². The normalized spacial score (nSPS) is 13.7. The van der Waals surface area contributed by atoms with Crippen molar-refractivity contribution in [1.29, 1.82) is 0 Å². The molecule has 0 bridgehead atoms. The first-order chi connectivity index (χ1) is 15.4. The van der Waals surface area contributed by atoms with Crippen LogP contribution in [-0.2, 0) is 9.59 Å². The number of carbonyl (C=O) groups excluding carboxylic acids is 2. The third kappa shape index (κ3) is 4.12. The topological polar surface area (TPSA) is 58.6 Å². The summed E-state index contributed by atoms with van der Waals surface area (Å²) in [5, 5.41) is 3.72. The molecule has 0 saturated carbocycles. The number of benzene rings is 3. The predicted molar refractivity (Wildman–Crippen MR) is 128 cm³/mol. The van der Waals surface area contributed by atoms with Crippen molar-refractivity contribution in [3.05, 3.63) is 94.1 Å². The molecule has 5 nitrogen and oxygen atoms in total. The molecule has 3 aromatic carbocycles. The maximum Gasteiger partial charge on any atom is 0.282 e. The molecule has 4 rings (SSSR count). The third-order valence-corrected chi connectivity index (χ3v) is 5.51. The molecule has 0 saturated heterocycles. The largest absolute Gasteiger partial charge is 0.494 e. The number of nitrogens with zero attached hydrogens (tertiary/aromatic N) is 1. The van der Waals surface area contributed by atoms with Crippen LogP contribution in [0, 0.1) is 13.8 Å². The molecule has 32 heavy (non-hydrogen) atoms. The van der Waals surface area contributed by atoms with Gasteiger partial charge in [0.05, 0.1) is 17.9 Å². The van der Waals surface area contributed by atoms with Crippen molar-refractivity contribution in [3.63, 3.8) is 0 Å². The van der Waals surface area contributed by atoms with Crippen molar-refractivity contribution < 1.29 is 14.3 Å². The molecule has 1 N–H and O–H groups in total. The lowest BCUT2D eigenvalue weighted by molar-refractivity contribution is -0.120. The molecule has 6 heteroatoms. The number of halogens is 1. The maximum absolute atomic E-state index is 13.6. The monoisotopic (exact) mass is 446 g/mol. The highest BCUT2D eigenvalue weighted by molar-refractivity contribution is 6.46. The smallest absolute Gasteiger partial charge is 0.282 e. The van der Waals surface area contributed by atoms with E-state index in [1.54, 1.807) is 24.3 Å². The second kappa shape index (κ2) is 8.89. The molecule has 0 radical (unpaired) electrons. The molecular weight excluding hydrogens is 424 g/mol. The molecule has 162 valence electrons. The Morgan fingerprint density at radius 2 is 1.59 bits per heavy atom. The molecule has 2 amide bonds. The van der Waals surface area contributed by atoms with Crippen LogP contribution < -0.4 is 15.0 Å². The maximum atomic E-state index is 13.6. The summed E-state index contributed by atoms with van der Waals surface area (Å²) in [5.74, 6) is -0.0437. The highest BCUT2D eigenvalue weighted by atomic mass is 35.5. The van der Waals surface area contributed by atoms with Gasteiger partial charge in [-0.1, -0.05) is 35.9 Å². The summed E-state index contributed by atoms with van der Waals surface area (Å²) in [6, 6.07) is 19.9. The summed E-state index contributed by atoms with van der Waals surface area (Å²) in [6.07, 6.45) is 0. The lowest BCUT2D eigenvalue weighted by Crippen LogP contribution is -2.33. The molecule has 1 aliphatic heterocycles. The van der Waals surface area contributed by atoms with E-state index in [1.807, 2.05) is 63.2 Å². The van der Waals surface area contributed by atoms with E-state index in [2.05, 4.69) is 5.32 Å². The van der Waals surface area contributed by atoms with Crippen LogP contribution >= 0.6 is 11.6 Å². The Balaban J connectivity index is 1.79. The van der Waals surface area contributed by atoms with Gasteiger partial charge in [0.25, 0.3) is 11.8 Å². The first-order valence-electron chi connectivity index (χ1n) is 10.3. The predicted octanol–water partition coefficient (Wildman–Crippen LogP) is 5.75. The van der Waals surface area contributed by atoms with E-state index < -0.39 is 5.91 Å². The molecule has 0 spiro atoms. The minimum absolute atomic E-state index is 0.224. The Bertz CT molecular complexity index is 1210. The van der Waals surface area contributed by atoms with Gasteiger partial charge < -0.3 is 10.1 Å². The summed E-state index contributed by atoms with van der Waals surface area (Å²) >= 11 is 6.05. The zero-order chi connectivity index (χ0) is 22.8. The van der Waals surface area contributed by atoms with Crippen LogP contribution in [0.4, 0.5) is 11.4 Å². The fourth-order valence-electron chi connectivity index (χ4n) is 3.65. The lowest BCUT2D eigenvalue weighted by Gasteiger charge is -2.18. The van der Waals surface area contributed by atoms with Crippen LogP contribution in [0.5, 0.6) is 5.75 Å². The number of hydrogen-bond acceptors (Lipinski definition) is 4. The SMILES string of the molecule is CCOc1ccc(NC2=C(c3ccc(Cl)cc3)C(=O)N(c3cc(C)ccc3C)C2=O)cc1. The first-order valence-corrected chi connectivity index (χ1v) is 10.7. The van der Waals surface area contributed by atoms with Crippen LogP contribution in [-0.4, -0.2) is 18.4 Å². The molecular formula is C26H23ClN2O3. The van der Waals surface area contributed by atoms with Gasteiger partial charge in [-0.3, -0.25) is 9.59 Å². The van der Waals surface area contributed by atoms with Crippen LogP contribution in [0.25, 0.3) is 5.57 Å². The highest BCUT2D eigenvalue weighted by Gasteiger charge is 2.40. The van der Waals surface area contributed by atoms with Gasteiger partial charge in [-0.15, -0.1) is 0 Å². The second-order valence-electron chi connectivity index (χ2n) is 7.57. The highest BCUT2D eigenvalue weighted by Crippen LogP contribution is 2.36. The fraction of sp³-hybridized carbons (Fsp3) is 0.154. The number of nitrogens with one attached hydrogen (secondary N) is 1. The van der Waals surface area contributed by atoms with Gasteiger partial charge in [0.2, 0.25) is 0 Å². The molecule has 0 atom stereocenters. The minimum Gasteiger partial charge on any atom is -0.494 e. The number of rotatable bonds is 6. The van der Waals surface area contributed by atoms with E-state index in [-0.39, 0.29) is 11.6 Å². The van der Waals surface area contributed by atoms with Gasteiger partial charge in [0, 0.05) is 10.7 Å². The second-order valence-corrected chi connectivity index (χ2v) is 8.01. The number of hydrogen-bond donors (Lipinski definition) is 1. The van der Waals surface area contributed by atoms with Gasteiger partial charge in [-0.25, -0.2) is 4.90 Å². The number of ether oxygens (including phenoxy) is 1. The Kier molecular flexibility index (Phi) is 6.01. The van der Waals surface area contributed by atoms with Gasteiger partial charge in [0.15, 0.2) is 0 Å². The summed E-state index contributed by atoms with van der Waals surface area (Å²) in [5.41, 5.74) is 4.22. The van der Waals surface area contributed by atoms with Gasteiger partial charge >= 0.3 is 0 Å². The summed E-state index contributed by atoms with van der Waals surface area (Å²) < 4.78 is 5.49. The number of anilines is 2. The molecule has 3 aromatic rings. The number of imide groups is 1. The third-order valence-electron chi connectivity index (χ3n) is 5.26. The van der Waals surface area contributed by atoms with E-state index in [4.69, 9.17) is 16.3 Å². The Hall–Kier alpha value is -3.57. The van der Waals surface area contributed by atoms with Crippen molar-refractivity contribution >= 4 is 40.4 Å². The Morgan fingerprint density at radius 1 is 0.906 bits per heavy atom. The van der Waals surface area contributed by atoms with Crippen molar-refractivity contribution in [2.45, 2.75) is 20.8 Å². The quantitative estimate of drug-likeness (QED) is 0.489. The Morgan fingerprint density at radius 3 is 2.25 bits per heavy atom. The number of amides is 2. The van der Waals surface area contributed by atoms with E-state index in [9.17, 15) is 9.59 Å². The van der Waals surface area contributed by atoms with Gasteiger partial charge in [-0.2, -0.15) is 0 Å². The first kappa shape index (κ1) is 21.7. The van der Waals surface area contributed by atoms with Crippen molar-refractivity contribution in [2.24, 2.45) is 0 Å². The molecule has 0 aromatic heterocycles. The van der Waals surface area contributed by atoms with E-state index >= 15 is 0 Å². The zero-order valence-electron chi connectivity index (χ0n) is 18.1. The van der Waals surface area contributed by atoms with Gasteiger partial charge in [0.1, 0.15) is 11.4 Å². The molecule has 1 aliphatic rings. The van der Waals surface area contributed by atoms with Crippen LogP contribution in [0.3, 0.4) is 0 Å². The van der Waals surface area contributed by atoms with Crippen molar-refractivity contribution in [3.8, 4) is 5.75 Å². The Labute approximate surface area is 192 Å². The fourth-order valence-corrected chi connectivity index (χ4v) is 3.78. The lowest BCUT2D eigenvalue weighted by atomic mass is 10.0. The summed E-state index contributed by atoms with van der Waals surface area (Å²) in [7, 11) is 0. The average molecular weight is 447 g/mol. The average Bonchev–Trinajstić information content (AvgIpc) is 3.01. The standard InChI is InChI=1S/C26H23ClN2O3/c1-4-32-21-13-11-20(12-14-21)28-24-23(18-7-9-19(27)10-8-18)25(30)29(26(24)31)22-15-16(2)5-6-17(22)3/h5-15,28H,4H2,1-3H3. The van der Waals surface area contributed by atoms with Crippen molar-refractivity contribution in [2.75, 3.05) is 16.8 Å². The van der Waals surface area contributed by atoms with E-state index in [0.717, 1.165) is 16.9 Å². The minimum atomic E-state index is -0.400. The van der Waals surface area contributed by atoms with Gasteiger partial charge in [-0.05, 0) is 79.9 Å². The summed E-state index contributed by atoms with van der Waals surface area (Å²) in [4.78, 5) is 28.3. The number of aryl methyl sites for hydroxylation is 2. The molecule has 1 heterocycles. The molecule has 0 fully saturated rings. The molecule has 0 unspecified atom stereocenters. The summed E-state index contributed by atoms with van der Waals surface area (Å²) in [6.45, 7) is 6.30. The zero-order valence-corrected chi connectivity index (χ0v) is 18.9.